The number of benzene rings is 1. The molecule has 0 aliphatic carbocycles. The Morgan fingerprint density at radius 1 is 1.20 bits per heavy atom. The van der Waals surface area contributed by atoms with Crippen LogP contribution in [0.25, 0.3) is 11.1 Å². The molecule has 1 nitrogen and oxygen atoms in total. The first kappa shape index (κ1) is 16.2. The van der Waals surface area contributed by atoms with E-state index in [9.17, 15) is 0 Å². The van der Waals surface area contributed by atoms with Gasteiger partial charge in [-0.1, -0.05) is 74.2 Å². The van der Waals surface area contributed by atoms with Crippen molar-refractivity contribution >= 4 is 11.1 Å². The average molecular weight is 267 g/mol. The zero-order valence-corrected chi connectivity index (χ0v) is 12.7. The van der Waals surface area contributed by atoms with Gasteiger partial charge in [0, 0.05) is 0 Å². The molecule has 0 saturated heterocycles. The van der Waals surface area contributed by atoms with Gasteiger partial charge in [-0.2, -0.15) is 0 Å². The molecule has 20 heavy (non-hydrogen) atoms. The van der Waals surface area contributed by atoms with Crippen LogP contribution in [0.1, 0.15) is 31.4 Å². The monoisotopic (exact) mass is 267 g/mol. The van der Waals surface area contributed by atoms with Crippen molar-refractivity contribution in [3.63, 3.8) is 0 Å². The lowest BCUT2D eigenvalue weighted by Gasteiger charge is -2.05. The average Bonchev–Trinajstić information content (AvgIpc) is 2.46. The van der Waals surface area contributed by atoms with Gasteiger partial charge in [-0.25, -0.2) is 0 Å². The quantitative estimate of drug-likeness (QED) is 0.524. The minimum absolute atomic E-state index is 1.02. The standard InChI is InChI=1S/C19H25N/c1-5-9-18(10-7-8-15-20-6-2)19-13-11-17(12-14-19)16(3)4/h5,7,9-14,20H,1,3,6,8,15H2,2,4H3/b10-7-,18-9+. The van der Waals surface area contributed by atoms with Crippen molar-refractivity contribution in [1.29, 1.82) is 0 Å². The van der Waals surface area contributed by atoms with E-state index in [4.69, 9.17) is 0 Å². The van der Waals surface area contributed by atoms with Crippen molar-refractivity contribution in [2.24, 2.45) is 0 Å². The minimum atomic E-state index is 1.02. The summed E-state index contributed by atoms with van der Waals surface area (Å²) in [6, 6.07) is 8.49. The Balaban J connectivity index is 2.78. The summed E-state index contributed by atoms with van der Waals surface area (Å²) in [7, 11) is 0. The first-order chi connectivity index (χ1) is 9.69. The molecule has 0 saturated carbocycles. The molecule has 0 aromatic heterocycles. The Hall–Kier alpha value is -1.86. The van der Waals surface area contributed by atoms with Gasteiger partial charge in [0.15, 0.2) is 0 Å². The van der Waals surface area contributed by atoms with Crippen LogP contribution in [0.3, 0.4) is 0 Å². The zero-order valence-electron chi connectivity index (χ0n) is 12.7. The van der Waals surface area contributed by atoms with Crippen LogP contribution in [0, 0.1) is 0 Å². The van der Waals surface area contributed by atoms with E-state index in [0.717, 1.165) is 25.1 Å². The molecule has 0 amide bonds. The highest BCUT2D eigenvalue weighted by molar-refractivity contribution is 5.76. The predicted molar refractivity (Wildman–Crippen MR) is 91.6 cm³/mol. The third-order valence-corrected chi connectivity index (χ3v) is 3.04. The van der Waals surface area contributed by atoms with Crippen molar-refractivity contribution in [2.75, 3.05) is 13.1 Å². The van der Waals surface area contributed by atoms with Crippen LogP contribution in [0.4, 0.5) is 0 Å². The summed E-state index contributed by atoms with van der Waals surface area (Å²) < 4.78 is 0. The molecule has 106 valence electrons. The summed E-state index contributed by atoms with van der Waals surface area (Å²) in [4.78, 5) is 0. The molecule has 0 aliphatic rings. The molecule has 0 spiro atoms. The molecule has 0 heterocycles. The molecular formula is C19H25N. The van der Waals surface area contributed by atoms with Crippen molar-refractivity contribution in [3.8, 4) is 0 Å². The molecule has 1 aromatic carbocycles. The van der Waals surface area contributed by atoms with Crippen LogP contribution >= 0.6 is 0 Å². The largest absolute Gasteiger partial charge is 0.317 e. The third-order valence-electron chi connectivity index (χ3n) is 3.04. The number of hydrogen-bond acceptors (Lipinski definition) is 1. The topological polar surface area (TPSA) is 12.0 Å². The van der Waals surface area contributed by atoms with Crippen molar-refractivity contribution in [1.82, 2.24) is 5.32 Å². The van der Waals surface area contributed by atoms with Crippen LogP contribution < -0.4 is 5.32 Å². The number of allylic oxidation sites excluding steroid dienone is 5. The number of hydrogen-bond donors (Lipinski definition) is 1. The second kappa shape index (κ2) is 9.11. The van der Waals surface area contributed by atoms with E-state index in [0.29, 0.717) is 0 Å². The summed E-state index contributed by atoms with van der Waals surface area (Å²) in [6.07, 6.45) is 9.27. The van der Waals surface area contributed by atoms with Crippen LogP contribution in [-0.4, -0.2) is 13.1 Å². The summed E-state index contributed by atoms with van der Waals surface area (Å²) in [6.45, 7) is 13.9. The van der Waals surface area contributed by atoms with Crippen LogP contribution in [0.5, 0.6) is 0 Å². The van der Waals surface area contributed by atoms with E-state index < -0.39 is 0 Å². The molecule has 1 N–H and O–H groups in total. The van der Waals surface area contributed by atoms with E-state index in [1.807, 2.05) is 19.1 Å². The first-order valence-corrected chi connectivity index (χ1v) is 7.15. The lowest BCUT2D eigenvalue weighted by atomic mass is 10.0. The Morgan fingerprint density at radius 2 is 1.85 bits per heavy atom. The van der Waals surface area contributed by atoms with Crippen LogP contribution in [-0.2, 0) is 0 Å². The van der Waals surface area contributed by atoms with Gasteiger partial charge in [-0.05, 0) is 43.1 Å². The Morgan fingerprint density at radius 3 is 2.40 bits per heavy atom. The van der Waals surface area contributed by atoms with Gasteiger partial charge in [0.05, 0.1) is 0 Å². The van der Waals surface area contributed by atoms with Crippen LogP contribution in [0.2, 0.25) is 0 Å². The van der Waals surface area contributed by atoms with E-state index >= 15 is 0 Å². The lowest BCUT2D eigenvalue weighted by Crippen LogP contribution is -2.12. The molecule has 0 radical (unpaired) electrons. The highest BCUT2D eigenvalue weighted by Gasteiger charge is 1.98. The zero-order chi connectivity index (χ0) is 14.8. The molecule has 1 heteroatoms. The summed E-state index contributed by atoms with van der Waals surface area (Å²) >= 11 is 0. The molecule has 0 aliphatic heterocycles. The molecule has 0 unspecified atom stereocenters. The van der Waals surface area contributed by atoms with Crippen molar-refractivity contribution in [3.05, 3.63) is 72.9 Å². The fraction of sp³-hybridized carbons (Fsp3) is 0.263. The molecular weight excluding hydrogens is 242 g/mol. The van der Waals surface area contributed by atoms with Crippen molar-refractivity contribution < 1.29 is 0 Å². The van der Waals surface area contributed by atoms with Crippen LogP contribution in [0.15, 0.2) is 61.7 Å². The molecule has 0 bridgehead atoms. The van der Waals surface area contributed by atoms with Gasteiger partial charge in [0.2, 0.25) is 0 Å². The maximum absolute atomic E-state index is 3.96. The maximum atomic E-state index is 3.96. The molecule has 0 atom stereocenters. The third kappa shape index (κ3) is 5.41. The second-order valence-corrected chi connectivity index (χ2v) is 4.76. The summed E-state index contributed by atoms with van der Waals surface area (Å²) in [5, 5.41) is 3.31. The van der Waals surface area contributed by atoms with Crippen molar-refractivity contribution in [2.45, 2.75) is 20.3 Å². The van der Waals surface area contributed by atoms with E-state index in [1.54, 1.807) is 0 Å². The van der Waals surface area contributed by atoms with E-state index in [2.05, 4.69) is 61.8 Å². The summed E-state index contributed by atoms with van der Waals surface area (Å²) in [5.41, 5.74) is 4.66. The number of nitrogens with one attached hydrogen (secondary N) is 1. The minimum Gasteiger partial charge on any atom is -0.317 e. The molecule has 1 rings (SSSR count). The van der Waals surface area contributed by atoms with Gasteiger partial charge < -0.3 is 5.32 Å². The second-order valence-electron chi connectivity index (χ2n) is 4.76. The van der Waals surface area contributed by atoms with Gasteiger partial charge in [0.25, 0.3) is 0 Å². The normalized spacial score (nSPS) is 11.8. The van der Waals surface area contributed by atoms with Gasteiger partial charge in [-0.15, -0.1) is 0 Å². The maximum Gasteiger partial charge on any atom is -0.00143 e. The summed E-state index contributed by atoms with van der Waals surface area (Å²) in [5.74, 6) is 0. The smallest absolute Gasteiger partial charge is 0.00143 e. The predicted octanol–water partition coefficient (Wildman–Crippen LogP) is 4.84. The number of rotatable bonds is 8. The highest BCUT2D eigenvalue weighted by Crippen LogP contribution is 2.19. The highest BCUT2D eigenvalue weighted by atomic mass is 14.8. The Labute approximate surface area is 123 Å². The Bertz CT molecular complexity index is 489. The lowest BCUT2D eigenvalue weighted by molar-refractivity contribution is 0.727. The van der Waals surface area contributed by atoms with E-state index in [-0.39, 0.29) is 0 Å². The Kier molecular flexibility index (Phi) is 7.38. The SMILES string of the molecule is C=C/C=C(\C=C/CCNCC)c1ccc(C(=C)C)cc1. The molecule has 0 fully saturated rings. The van der Waals surface area contributed by atoms with Gasteiger partial charge in [0.1, 0.15) is 0 Å². The van der Waals surface area contributed by atoms with Gasteiger partial charge >= 0.3 is 0 Å². The first-order valence-electron chi connectivity index (χ1n) is 7.15. The van der Waals surface area contributed by atoms with E-state index in [1.165, 1.54) is 16.7 Å². The fourth-order valence-electron chi connectivity index (χ4n) is 1.89. The van der Waals surface area contributed by atoms with Gasteiger partial charge in [-0.3, -0.25) is 0 Å². The fourth-order valence-corrected chi connectivity index (χ4v) is 1.89. The molecule has 1 aromatic rings.